The minimum absolute atomic E-state index is 0.569. The molecule has 0 saturated carbocycles. The average Bonchev–Trinajstić information content (AvgIpc) is 2.51. The van der Waals surface area contributed by atoms with Crippen molar-refractivity contribution < 1.29 is 4.74 Å². The second-order valence-electron chi connectivity index (χ2n) is 1.78. The van der Waals surface area contributed by atoms with Gasteiger partial charge in [0.15, 0.2) is 0 Å². The molecule has 0 aliphatic carbocycles. The predicted octanol–water partition coefficient (Wildman–Crippen LogP) is 1.30. The zero-order valence-corrected chi connectivity index (χ0v) is 5.62. The molecule has 0 aromatic heterocycles. The van der Waals surface area contributed by atoms with Crippen molar-refractivity contribution in [3.63, 3.8) is 0 Å². The first-order valence-electron chi connectivity index (χ1n) is 2.73. The van der Waals surface area contributed by atoms with Gasteiger partial charge in [0.2, 0.25) is 0 Å². The van der Waals surface area contributed by atoms with E-state index in [9.17, 15) is 0 Å². The van der Waals surface area contributed by atoms with Crippen LogP contribution in [0.4, 0.5) is 0 Å². The van der Waals surface area contributed by atoms with Gasteiger partial charge in [-0.15, -0.1) is 6.58 Å². The molecule has 8 heavy (non-hydrogen) atoms. The lowest BCUT2D eigenvalue weighted by Crippen LogP contribution is -1.88. The maximum atomic E-state index is 5.00. The summed E-state index contributed by atoms with van der Waals surface area (Å²) in [5.74, 6) is 2.20. The number of ether oxygens (including phenoxy) is 1. The zero-order valence-electron chi connectivity index (χ0n) is 4.80. The Labute approximate surface area is 54.1 Å². The van der Waals surface area contributed by atoms with Gasteiger partial charge in [-0.25, -0.2) is 0 Å². The fourth-order valence-electron chi connectivity index (χ4n) is 0.447. The van der Waals surface area contributed by atoms with Crippen LogP contribution in [-0.4, -0.2) is 24.2 Å². The lowest BCUT2D eigenvalue weighted by atomic mass is 10.6. The van der Waals surface area contributed by atoms with Gasteiger partial charge < -0.3 is 4.74 Å². The molecule has 46 valence electrons. The van der Waals surface area contributed by atoms with E-state index in [2.05, 4.69) is 6.58 Å². The topological polar surface area (TPSA) is 12.5 Å². The van der Waals surface area contributed by atoms with Crippen LogP contribution in [-0.2, 0) is 4.74 Å². The van der Waals surface area contributed by atoms with E-state index < -0.39 is 0 Å². The molecular formula is C6H10OS. The second kappa shape index (κ2) is 3.15. The number of thioether (sulfide) groups is 1. The smallest absolute Gasteiger partial charge is 0.0900 e. The Hall–Kier alpha value is 0.0500. The summed E-state index contributed by atoms with van der Waals surface area (Å²) in [6.07, 6.45) is 2.49. The van der Waals surface area contributed by atoms with Gasteiger partial charge in [0, 0.05) is 11.5 Å². The van der Waals surface area contributed by atoms with Crippen LogP contribution in [0.25, 0.3) is 0 Å². The number of rotatable bonds is 4. The molecule has 0 aromatic carbocycles. The molecule has 1 rings (SSSR count). The van der Waals surface area contributed by atoms with Crippen LogP contribution in [0.1, 0.15) is 0 Å². The molecule has 2 heteroatoms. The highest BCUT2D eigenvalue weighted by Crippen LogP contribution is 2.15. The van der Waals surface area contributed by atoms with Gasteiger partial charge in [-0.1, -0.05) is 6.08 Å². The normalized spacial score (nSPS) is 25.2. The standard InChI is InChI=1S/C6H10OS/c1-2-3-8-5-6-4-7-6/h2,6H,1,3-5H2/t6-/m1/s1. The summed E-state index contributed by atoms with van der Waals surface area (Å²) in [5, 5.41) is 0. The molecule has 1 fully saturated rings. The largest absolute Gasteiger partial charge is 0.372 e. The fourth-order valence-corrected chi connectivity index (χ4v) is 1.21. The molecule has 1 atom stereocenters. The van der Waals surface area contributed by atoms with Crippen LogP contribution in [0.5, 0.6) is 0 Å². The quantitative estimate of drug-likeness (QED) is 0.323. The molecule has 1 aliphatic rings. The molecule has 0 N–H and O–H groups in total. The van der Waals surface area contributed by atoms with E-state index in [0.717, 1.165) is 18.1 Å². The summed E-state index contributed by atoms with van der Waals surface area (Å²) in [4.78, 5) is 0. The number of hydrogen-bond donors (Lipinski definition) is 0. The van der Waals surface area contributed by atoms with Crippen LogP contribution >= 0.6 is 11.8 Å². The SMILES string of the molecule is C=CCSC[C@H]1CO1. The van der Waals surface area contributed by atoms with E-state index in [1.165, 1.54) is 0 Å². The van der Waals surface area contributed by atoms with E-state index >= 15 is 0 Å². The third kappa shape index (κ3) is 2.38. The Kier molecular flexibility index (Phi) is 2.43. The summed E-state index contributed by atoms with van der Waals surface area (Å²) in [6.45, 7) is 4.59. The van der Waals surface area contributed by atoms with Crippen LogP contribution in [0.3, 0.4) is 0 Å². The monoisotopic (exact) mass is 130 g/mol. The second-order valence-corrected chi connectivity index (χ2v) is 2.86. The van der Waals surface area contributed by atoms with Gasteiger partial charge >= 0.3 is 0 Å². The highest BCUT2D eigenvalue weighted by Gasteiger charge is 2.21. The highest BCUT2D eigenvalue weighted by atomic mass is 32.2. The van der Waals surface area contributed by atoms with Crippen LogP contribution in [0.15, 0.2) is 12.7 Å². The molecule has 1 aliphatic heterocycles. The van der Waals surface area contributed by atoms with E-state index in [0.29, 0.717) is 6.10 Å². The van der Waals surface area contributed by atoms with Crippen molar-refractivity contribution in [2.45, 2.75) is 6.10 Å². The third-order valence-corrected chi connectivity index (χ3v) is 2.02. The van der Waals surface area contributed by atoms with Crippen molar-refractivity contribution in [2.75, 3.05) is 18.1 Å². The minimum Gasteiger partial charge on any atom is -0.372 e. The van der Waals surface area contributed by atoms with Crippen molar-refractivity contribution >= 4 is 11.8 Å². The summed E-state index contributed by atoms with van der Waals surface area (Å²) in [7, 11) is 0. The first-order chi connectivity index (χ1) is 3.93. The molecule has 0 bridgehead atoms. The van der Waals surface area contributed by atoms with Gasteiger partial charge in [0.1, 0.15) is 0 Å². The van der Waals surface area contributed by atoms with E-state index in [1.807, 2.05) is 17.8 Å². The highest BCUT2D eigenvalue weighted by molar-refractivity contribution is 7.99. The first-order valence-corrected chi connectivity index (χ1v) is 3.89. The number of hydrogen-bond acceptors (Lipinski definition) is 2. The Balaban J connectivity index is 1.80. The van der Waals surface area contributed by atoms with Crippen LogP contribution in [0, 0.1) is 0 Å². The van der Waals surface area contributed by atoms with E-state index in [1.54, 1.807) is 0 Å². The maximum absolute atomic E-state index is 5.00. The van der Waals surface area contributed by atoms with Crippen molar-refractivity contribution in [3.8, 4) is 0 Å². The van der Waals surface area contributed by atoms with E-state index in [-0.39, 0.29) is 0 Å². The Morgan fingerprint density at radius 2 is 2.62 bits per heavy atom. The summed E-state index contributed by atoms with van der Waals surface area (Å²) in [5.41, 5.74) is 0. The van der Waals surface area contributed by atoms with Crippen LogP contribution < -0.4 is 0 Å². The Morgan fingerprint density at radius 1 is 1.88 bits per heavy atom. The maximum Gasteiger partial charge on any atom is 0.0900 e. The van der Waals surface area contributed by atoms with E-state index in [4.69, 9.17) is 4.74 Å². The van der Waals surface area contributed by atoms with Gasteiger partial charge in [-0.05, 0) is 0 Å². The van der Waals surface area contributed by atoms with Gasteiger partial charge in [-0.2, -0.15) is 11.8 Å². The summed E-state index contributed by atoms with van der Waals surface area (Å²) >= 11 is 1.88. The predicted molar refractivity (Wildman–Crippen MR) is 37.3 cm³/mol. The molecule has 0 unspecified atom stereocenters. The Bertz CT molecular complexity index is 78.6. The molecular weight excluding hydrogens is 120 g/mol. The minimum atomic E-state index is 0.569. The third-order valence-electron chi connectivity index (χ3n) is 0.942. The molecule has 1 nitrogen and oxygen atoms in total. The fraction of sp³-hybridized carbons (Fsp3) is 0.667. The van der Waals surface area contributed by atoms with Crippen LogP contribution in [0.2, 0.25) is 0 Å². The van der Waals surface area contributed by atoms with Crippen molar-refractivity contribution in [2.24, 2.45) is 0 Å². The molecule has 1 saturated heterocycles. The van der Waals surface area contributed by atoms with Crippen molar-refractivity contribution in [1.82, 2.24) is 0 Å². The van der Waals surface area contributed by atoms with Gasteiger partial charge in [0.25, 0.3) is 0 Å². The zero-order chi connectivity index (χ0) is 5.82. The lowest BCUT2D eigenvalue weighted by molar-refractivity contribution is 0.426. The molecule has 0 aromatic rings. The molecule has 0 radical (unpaired) electrons. The average molecular weight is 130 g/mol. The van der Waals surface area contributed by atoms with Crippen molar-refractivity contribution in [3.05, 3.63) is 12.7 Å². The van der Waals surface area contributed by atoms with Gasteiger partial charge in [0.05, 0.1) is 12.7 Å². The van der Waals surface area contributed by atoms with Crippen molar-refractivity contribution in [1.29, 1.82) is 0 Å². The molecule has 0 amide bonds. The number of epoxide rings is 1. The summed E-state index contributed by atoms with van der Waals surface area (Å²) in [6, 6.07) is 0. The summed E-state index contributed by atoms with van der Waals surface area (Å²) < 4.78 is 5.00. The first kappa shape index (κ1) is 6.17. The van der Waals surface area contributed by atoms with Gasteiger partial charge in [-0.3, -0.25) is 0 Å². The lowest BCUT2D eigenvalue weighted by Gasteiger charge is -1.88. The Morgan fingerprint density at radius 3 is 3.12 bits per heavy atom. The molecule has 1 heterocycles. The molecule has 0 spiro atoms.